The van der Waals surface area contributed by atoms with Gasteiger partial charge in [-0.2, -0.15) is 0 Å². The molecule has 7 N–H and O–H groups in total. The molecule has 120 valence electrons. The van der Waals surface area contributed by atoms with Crippen molar-refractivity contribution in [3.8, 4) is 0 Å². The molecule has 0 radical (unpaired) electrons. The molecular formula is C13H30N4O3. The lowest BCUT2D eigenvalue weighted by atomic mass is 10.2. The SMILES string of the molecule is CC(C)(C)OC(=O)NCCC[C@H](N)COC[C@H](N)CN. The van der Waals surface area contributed by atoms with Crippen LogP contribution in [0.3, 0.4) is 0 Å². The first-order valence-corrected chi connectivity index (χ1v) is 7.00. The van der Waals surface area contributed by atoms with Gasteiger partial charge in [0.1, 0.15) is 5.60 Å². The van der Waals surface area contributed by atoms with E-state index in [1.165, 1.54) is 0 Å². The summed E-state index contributed by atoms with van der Waals surface area (Å²) in [5.41, 5.74) is 16.4. The van der Waals surface area contributed by atoms with Gasteiger partial charge in [0, 0.05) is 25.2 Å². The molecule has 0 aliphatic rings. The summed E-state index contributed by atoms with van der Waals surface area (Å²) >= 11 is 0. The highest BCUT2D eigenvalue weighted by molar-refractivity contribution is 5.67. The second-order valence-corrected chi connectivity index (χ2v) is 5.86. The van der Waals surface area contributed by atoms with E-state index >= 15 is 0 Å². The third-order valence-corrected chi connectivity index (χ3v) is 2.39. The minimum Gasteiger partial charge on any atom is -0.444 e. The van der Waals surface area contributed by atoms with Crippen molar-refractivity contribution in [3.63, 3.8) is 0 Å². The van der Waals surface area contributed by atoms with E-state index in [0.717, 1.165) is 12.8 Å². The predicted molar refractivity (Wildman–Crippen MR) is 79.3 cm³/mol. The Balaban J connectivity index is 3.52. The summed E-state index contributed by atoms with van der Waals surface area (Å²) in [6.07, 6.45) is 1.12. The van der Waals surface area contributed by atoms with Crippen LogP contribution in [-0.2, 0) is 9.47 Å². The summed E-state index contributed by atoms with van der Waals surface area (Å²) in [4.78, 5) is 11.4. The molecule has 1 amide bonds. The van der Waals surface area contributed by atoms with E-state index in [2.05, 4.69) is 5.32 Å². The largest absolute Gasteiger partial charge is 0.444 e. The van der Waals surface area contributed by atoms with Gasteiger partial charge < -0.3 is 32.0 Å². The number of carbonyl (C=O) groups excluding carboxylic acids is 1. The zero-order chi connectivity index (χ0) is 15.6. The fourth-order valence-corrected chi connectivity index (χ4v) is 1.39. The van der Waals surface area contributed by atoms with Gasteiger partial charge in [-0.3, -0.25) is 0 Å². The van der Waals surface area contributed by atoms with Crippen LogP contribution in [0.1, 0.15) is 33.6 Å². The van der Waals surface area contributed by atoms with Crippen molar-refractivity contribution in [3.05, 3.63) is 0 Å². The first kappa shape index (κ1) is 19.1. The Morgan fingerprint density at radius 3 is 2.35 bits per heavy atom. The van der Waals surface area contributed by atoms with Crippen LogP contribution in [0.5, 0.6) is 0 Å². The fourth-order valence-electron chi connectivity index (χ4n) is 1.39. The Bertz CT molecular complexity index is 269. The van der Waals surface area contributed by atoms with Crippen molar-refractivity contribution in [1.82, 2.24) is 5.32 Å². The molecule has 0 saturated carbocycles. The van der Waals surface area contributed by atoms with Gasteiger partial charge in [0.2, 0.25) is 0 Å². The molecule has 0 saturated heterocycles. The summed E-state index contributed by atoms with van der Waals surface area (Å²) in [5.74, 6) is 0. The predicted octanol–water partition coefficient (Wildman–Crippen LogP) is -0.0788. The van der Waals surface area contributed by atoms with Crippen LogP contribution in [0.4, 0.5) is 4.79 Å². The monoisotopic (exact) mass is 290 g/mol. The molecule has 2 atom stereocenters. The molecule has 0 aliphatic carbocycles. The topological polar surface area (TPSA) is 126 Å². The van der Waals surface area contributed by atoms with Crippen LogP contribution >= 0.6 is 0 Å². The number of amides is 1. The van der Waals surface area contributed by atoms with Crippen LogP contribution < -0.4 is 22.5 Å². The van der Waals surface area contributed by atoms with E-state index < -0.39 is 11.7 Å². The molecule has 7 heteroatoms. The van der Waals surface area contributed by atoms with E-state index in [-0.39, 0.29) is 12.1 Å². The number of nitrogens with one attached hydrogen (secondary N) is 1. The summed E-state index contributed by atoms with van der Waals surface area (Å²) in [5, 5.41) is 2.68. The van der Waals surface area contributed by atoms with Crippen molar-refractivity contribution in [2.24, 2.45) is 17.2 Å². The number of ether oxygens (including phenoxy) is 2. The maximum atomic E-state index is 11.4. The molecule has 0 spiro atoms. The molecule has 7 nitrogen and oxygen atoms in total. The summed E-state index contributed by atoms with van der Waals surface area (Å²) < 4.78 is 10.5. The molecule has 0 aromatic heterocycles. The number of hydrogen-bond acceptors (Lipinski definition) is 6. The summed E-state index contributed by atoms with van der Waals surface area (Å²) in [6, 6.07) is -0.212. The van der Waals surface area contributed by atoms with Crippen LogP contribution in [0.15, 0.2) is 0 Å². The van der Waals surface area contributed by atoms with Crippen molar-refractivity contribution in [1.29, 1.82) is 0 Å². The first-order valence-electron chi connectivity index (χ1n) is 7.00. The normalized spacial score (nSPS) is 14.7. The molecule has 0 unspecified atom stereocenters. The molecular weight excluding hydrogens is 260 g/mol. The number of alkyl carbamates (subject to hydrolysis) is 1. The van der Waals surface area contributed by atoms with Crippen LogP contribution in [0.25, 0.3) is 0 Å². The minimum absolute atomic E-state index is 0.0691. The highest BCUT2D eigenvalue weighted by Crippen LogP contribution is 2.06. The van der Waals surface area contributed by atoms with E-state index in [1.807, 2.05) is 20.8 Å². The van der Waals surface area contributed by atoms with E-state index in [4.69, 9.17) is 26.7 Å². The average molecular weight is 290 g/mol. The standard InChI is InChI=1S/C13H30N4O3/c1-13(2,3)20-12(18)17-6-4-5-10(15)8-19-9-11(16)7-14/h10-11H,4-9,14-16H2,1-3H3,(H,17,18)/t10-,11+/m0/s1. The zero-order valence-corrected chi connectivity index (χ0v) is 12.9. The lowest BCUT2D eigenvalue weighted by Crippen LogP contribution is -2.37. The maximum absolute atomic E-state index is 11.4. The molecule has 0 bridgehead atoms. The van der Waals surface area contributed by atoms with Crippen molar-refractivity contribution >= 4 is 6.09 Å². The van der Waals surface area contributed by atoms with Crippen LogP contribution in [0.2, 0.25) is 0 Å². The lowest BCUT2D eigenvalue weighted by Gasteiger charge is -2.20. The number of carbonyl (C=O) groups is 1. The van der Waals surface area contributed by atoms with Gasteiger partial charge >= 0.3 is 6.09 Å². The molecule has 20 heavy (non-hydrogen) atoms. The second kappa shape index (κ2) is 9.93. The highest BCUT2D eigenvalue weighted by Gasteiger charge is 2.15. The Morgan fingerprint density at radius 2 is 1.80 bits per heavy atom. The van der Waals surface area contributed by atoms with Gasteiger partial charge in [0.05, 0.1) is 13.2 Å². The van der Waals surface area contributed by atoms with E-state index in [1.54, 1.807) is 0 Å². The van der Waals surface area contributed by atoms with E-state index in [0.29, 0.717) is 26.3 Å². The maximum Gasteiger partial charge on any atom is 0.407 e. The number of rotatable bonds is 9. The zero-order valence-electron chi connectivity index (χ0n) is 12.9. The van der Waals surface area contributed by atoms with Crippen LogP contribution in [-0.4, -0.2) is 50.1 Å². The Labute approximate surface area is 121 Å². The van der Waals surface area contributed by atoms with Gasteiger partial charge in [0.25, 0.3) is 0 Å². The molecule has 0 fully saturated rings. The third kappa shape index (κ3) is 12.2. The quantitative estimate of drug-likeness (QED) is 0.440. The smallest absolute Gasteiger partial charge is 0.407 e. The number of hydrogen-bond donors (Lipinski definition) is 4. The molecule has 0 aromatic rings. The average Bonchev–Trinajstić information content (AvgIpc) is 2.32. The van der Waals surface area contributed by atoms with Crippen molar-refractivity contribution < 1.29 is 14.3 Å². The second-order valence-electron chi connectivity index (χ2n) is 5.86. The lowest BCUT2D eigenvalue weighted by molar-refractivity contribution is 0.0526. The van der Waals surface area contributed by atoms with E-state index in [9.17, 15) is 4.79 Å². The molecule has 0 aliphatic heterocycles. The van der Waals surface area contributed by atoms with Gasteiger partial charge in [-0.05, 0) is 33.6 Å². The van der Waals surface area contributed by atoms with Gasteiger partial charge in [0.15, 0.2) is 0 Å². The van der Waals surface area contributed by atoms with Gasteiger partial charge in [-0.1, -0.05) is 0 Å². The molecule has 0 heterocycles. The Morgan fingerprint density at radius 1 is 1.20 bits per heavy atom. The Hall–Kier alpha value is -0.890. The number of nitrogens with two attached hydrogens (primary N) is 3. The first-order chi connectivity index (χ1) is 9.24. The summed E-state index contributed by atoms with van der Waals surface area (Å²) in [6.45, 7) is 7.27. The minimum atomic E-state index is -0.476. The summed E-state index contributed by atoms with van der Waals surface area (Å²) in [7, 11) is 0. The van der Waals surface area contributed by atoms with Gasteiger partial charge in [-0.15, -0.1) is 0 Å². The molecule has 0 aromatic carbocycles. The van der Waals surface area contributed by atoms with Crippen molar-refractivity contribution in [2.75, 3.05) is 26.3 Å². The van der Waals surface area contributed by atoms with Crippen molar-refractivity contribution in [2.45, 2.75) is 51.3 Å². The molecule has 0 rings (SSSR count). The highest BCUT2D eigenvalue weighted by atomic mass is 16.6. The third-order valence-electron chi connectivity index (χ3n) is 2.39. The fraction of sp³-hybridized carbons (Fsp3) is 0.923. The Kier molecular flexibility index (Phi) is 9.49. The van der Waals surface area contributed by atoms with Gasteiger partial charge in [-0.25, -0.2) is 4.79 Å². The van der Waals surface area contributed by atoms with Crippen LogP contribution in [0, 0.1) is 0 Å².